The van der Waals surface area contributed by atoms with Crippen molar-refractivity contribution >= 4 is 16.9 Å². The predicted molar refractivity (Wildman–Crippen MR) is 107 cm³/mol. The third-order valence-corrected chi connectivity index (χ3v) is 5.29. The highest BCUT2D eigenvalue weighted by atomic mass is 16.1. The van der Waals surface area contributed by atoms with Crippen LogP contribution in [0, 0.1) is 0 Å². The fourth-order valence-electron chi connectivity index (χ4n) is 4.06. The molecule has 0 bridgehead atoms. The molecule has 1 N–H and O–H groups in total. The summed E-state index contributed by atoms with van der Waals surface area (Å²) in [6.07, 6.45) is 8.12. The topological polar surface area (TPSA) is 80.9 Å². The largest absolute Gasteiger partial charge is 0.354 e. The Morgan fingerprint density at radius 1 is 1.39 bits per heavy atom. The highest BCUT2D eigenvalue weighted by Crippen LogP contribution is 2.31. The molecule has 0 unspecified atom stereocenters. The molecule has 148 valence electrons. The van der Waals surface area contributed by atoms with Crippen molar-refractivity contribution in [2.45, 2.75) is 38.8 Å². The maximum Gasteiger partial charge on any atom is 0.216 e. The van der Waals surface area contributed by atoms with E-state index in [0.29, 0.717) is 19.0 Å². The van der Waals surface area contributed by atoms with Gasteiger partial charge in [-0.15, -0.1) is 0 Å². The number of carbonyl (C=O) groups excluding carboxylic acids is 1. The predicted octanol–water partition coefficient (Wildman–Crippen LogP) is 1.68. The second kappa shape index (κ2) is 8.10. The van der Waals surface area contributed by atoms with Crippen molar-refractivity contribution in [1.29, 1.82) is 0 Å². The zero-order valence-corrected chi connectivity index (χ0v) is 16.5. The molecule has 3 aromatic rings. The Kier molecular flexibility index (Phi) is 5.38. The van der Waals surface area contributed by atoms with E-state index in [1.807, 2.05) is 28.7 Å². The summed E-state index contributed by atoms with van der Waals surface area (Å²) in [5.41, 5.74) is 3.27. The van der Waals surface area contributed by atoms with Gasteiger partial charge in [-0.1, -0.05) is 0 Å². The fourth-order valence-corrected chi connectivity index (χ4v) is 4.06. The summed E-state index contributed by atoms with van der Waals surface area (Å²) < 4.78 is 3.79. The quantitative estimate of drug-likeness (QED) is 0.703. The second-order valence-corrected chi connectivity index (χ2v) is 7.56. The van der Waals surface area contributed by atoms with Gasteiger partial charge in [-0.3, -0.25) is 14.4 Å². The molecule has 4 heterocycles. The van der Waals surface area contributed by atoms with Crippen LogP contribution in [-0.4, -0.2) is 55.0 Å². The number of likely N-dealkylation sites (tertiary alicyclic amines) is 1. The minimum Gasteiger partial charge on any atom is -0.354 e. The van der Waals surface area contributed by atoms with Crippen LogP contribution in [0.25, 0.3) is 11.0 Å². The SMILES string of the molecule is CC(=O)NCCn1nc([C@@H]2CCCN(Cc3cnn(C)c3)C2)c2cccnc21. The molecule has 1 amide bonds. The maximum atomic E-state index is 11.2. The van der Waals surface area contributed by atoms with E-state index < -0.39 is 0 Å². The molecule has 1 saturated heterocycles. The number of piperidine rings is 1. The van der Waals surface area contributed by atoms with Crippen LogP contribution >= 0.6 is 0 Å². The maximum absolute atomic E-state index is 11.2. The molecular formula is C20H27N7O. The van der Waals surface area contributed by atoms with Gasteiger partial charge in [-0.05, 0) is 31.5 Å². The standard InChI is InChI=1S/C20H27N7O/c1-15(28)21-8-10-27-20-18(6-3-7-22-20)19(24-27)17-5-4-9-26(14-17)13-16-11-23-25(2)12-16/h3,6-7,11-12,17H,4-5,8-10,13-14H2,1-2H3,(H,21,28)/t17-/m1/s1. The summed E-state index contributed by atoms with van der Waals surface area (Å²) in [7, 11) is 1.95. The Bertz CT molecular complexity index is 961. The Morgan fingerprint density at radius 2 is 2.29 bits per heavy atom. The van der Waals surface area contributed by atoms with Crippen molar-refractivity contribution in [3.05, 3.63) is 42.0 Å². The van der Waals surface area contributed by atoms with E-state index in [2.05, 4.69) is 32.6 Å². The number of nitrogens with one attached hydrogen (secondary N) is 1. The number of aryl methyl sites for hydroxylation is 1. The van der Waals surface area contributed by atoms with E-state index in [-0.39, 0.29) is 5.91 Å². The molecule has 8 nitrogen and oxygen atoms in total. The third kappa shape index (κ3) is 4.06. The Morgan fingerprint density at radius 3 is 3.07 bits per heavy atom. The molecule has 0 radical (unpaired) electrons. The van der Waals surface area contributed by atoms with Gasteiger partial charge < -0.3 is 5.32 Å². The molecule has 8 heteroatoms. The van der Waals surface area contributed by atoms with E-state index in [4.69, 9.17) is 5.10 Å². The van der Waals surface area contributed by atoms with E-state index in [1.165, 1.54) is 12.5 Å². The zero-order chi connectivity index (χ0) is 19.5. The molecule has 0 spiro atoms. The second-order valence-electron chi connectivity index (χ2n) is 7.56. The number of aromatic nitrogens is 5. The van der Waals surface area contributed by atoms with Gasteiger partial charge in [-0.2, -0.15) is 10.2 Å². The Balaban J connectivity index is 1.53. The number of rotatable bonds is 6. The van der Waals surface area contributed by atoms with Gasteiger partial charge >= 0.3 is 0 Å². The van der Waals surface area contributed by atoms with Gasteiger partial charge in [0.2, 0.25) is 5.91 Å². The van der Waals surface area contributed by atoms with Crippen molar-refractivity contribution in [3.8, 4) is 0 Å². The highest BCUT2D eigenvalue weighted by molar-refractivity contribution is 5.79. The average molecular weight is 381 g/mol. The first-order valence-electron chi connectivity index (χ1n) is 9.86. The normalized spacial score (nSPS) is 17.9. The van der Waals surface area contributed by atoms with Crippen molar-refractivity contribution in [3.63, 3.8) is 0 Å². The lowest BCUT2D eigenvalue weighted by molar-refractivity contribution is -0.118. The lowest BCUT2D eigenvalue weighted by atomic mass is 9.93. The van der Waals surface area contributed by atoms with Crippen LogP contribution < -0.4 is 5.32 Å². The van der Waals surface area contributed by atoms with Gasteiger partial charge in [0.25, 0.3) is 0 Å². The van der Waals surface area contributed by atoms with Crippen LogP contribution in [0.2, 0.25) is 0 Å². The van der Waals surface area contributed by atoms with Crippen LogP contribution in [0.1, 0.15) is 36.9 Å². The molecule has 0 aromatic carbocycles. The Hall–Kier alpha value is -2.74. The number of fused-ring (bicyclic) bond motifs is 1. The first-order valence-corrected chi connectivity index (χ1v) is 9.86. The van der Waals surface area contributed by atoms with Crippen molar-refractivity contribution in [2.75, 3.05) is 19.6 Å². The highest BCUT2D eigenvalue weighted by Gasteiger charge is 2.26. The van der Waals surface area contributed by atoms with E-state index in [0.717, 1.165) is 49.2 Å². The summed E-state index contributed by atoms with van der Waals surface area (Å²) in [6.45, 7) is 5.72. The monoisotopic (exact) mass is 381 g/mol. The Labute approximate surface area is 164 Å². The number of hydrogen-bond donors (Lipinski definition) is 1. The third-order valence-electron chi connectivity index (χ3n) is 5.29. The van der Waals surface area contributed by atoms with E-state index in [1.54, 1.807) is 6.20 Å². The summed E-state index contributed by atoms with van der Waals surface area (Å²) in [5, 5.41) is 13.2. The van der Waals surface area contributed by atoms with Crippen LogP contribution in [0.3, 0.4) is 0 Å². The van der Waals surface area contributed by atoms with E-state index >= 15 is 0 Å². The molecule has 1 aliphatic rings. The van der Waals surface area contributed by atoms with Crippen molar-refractivity contribution < 1.29 is 4.79 Å². The number of nitrogens with zero attached hydrogens (tertiary/aromatic N) is 6. The minimum absolute atomic E-state index is 0.0250. The fraction of sp³-hybridized carbons (Fsp3) is 0.500. The average Bonchev–Trinajstić information content (AvgIpc) is 3.25. The van der Waals surface area contributed by atoms with Gasteiger partial charge in [0.05, 0.1) is 18.4 Å². The number of carbonyl (C=O) groups is 1. The zero-order valence-electron chi connectivity index (χ0n) is 16.5. The minimum atomic E-state index is -0.0250. The van der Waals surface area contributed by atoms with Crippen molar-refractivity contribution in [2.24, 2.45) is 7.05 Å². The first-order chi connectivity index (χ1) is 13.6. The summed E-state index contributed by atoms with van der Waals surface area (Å²) >= 11 is 0. The number of pyridine rings is 1. The number of hydrogen-bond acceptors (Lipinski definition) is 5. The van der Waals surface area contributed by atoms with Crippen LogP contribution in [-0.2, 0) is 24.9 Å². The summed E-state index contributed by atoms with van der Waals surface area (Å²) in [5.74, 6) is 0.363. The van der Waals surface area contributed by atoms with Crippen LogP contribution in [0.5, 0.6) is 0 Å². The van der Waals surface area contributed by atoms with Gasteiger partial charge in [0.15, 0.2) is 5.65 Å². The van der Waals surface area contributed by atoms with Gasteiger partial charge in [-0.25, -0.2) is 9.67 Å². The van der Waals surface area contributed by atoms with E-state index in [9.17, 15) is 4.79 Å². The van der Waals surface area contributed by atoms with Crippen LogP contribution in [0.4, 0.5) is 0 Å². The first kappa shape index (κ1) is 18.6. The van der Waals surface area contributed by atoms with Gasteiger partial charge in [0.1, 0.15) is 0 Å². The van der Waals surface area contributed by atoms with Crippen LogP contribution in [0.15, 0.2) is 30.7 Å². The smallest absolute Gasteiger partial charge is 0.216 e. The lowest BCUT2D eigenvalue weighted by Gasteiger charge is -2.31. The molecule has 28 heavy (non-hydrogen) atoms. The molecule has 3 aromatic heterocycles. The molecule has 1 fully saturated rings. The molecule has 1 atom stereocenters. The molecule has 0 aliphatic carbocycles. The van der Waals surface area contributed by atoms with Crippen molar-refractivity contribution in [1.82, 2.24) is 34.8 Å². The van der Waals surface area contributed by atoms with Gasteiger partial charge in [0, 0.05) is 62.9 Å². The summed E-state index contributed by atoms with van der Waals surface area (Å²) in [4.78, 5) is 18.2. The molecule has 0 saturated carbocycles. The molecule has 4 rings (SSSR count). The number of amides is 1. The summed E-state index contributed by atoms with van der Waals surface area (Å²) in [6, 6.07) is 4.08. The molecular weight excluding hydrogens is 354 g/mol. The lowest BCUT2D eigenvalue weighted by Crippen LogP contribution is -2.34. The molecule has 1 aliphatic heterocycles.